The predicted octanol–water partition coefficient (Wildman–Crippen LogP) is 2.89. The van der Waals surface area contributed by atoms with Crippen LogP contribution in [-0.2, 0) is 6.54 Å². The molecule has 2 heterocycles. The third kappa shape index (κ3) is 3.46. The van der Waals surface area contributed by atoms with Crippen LogP contribution in [0.4, 0.5) is 0 Å². The molecule has 2 N–H and O–H groups in total. The van der Waals surface area contributed by atoms with Gasteiger partial charge >= 0.3 is 0 Å². The molecule has 0 fully saturated rings. The summed E-state index contributed by atoms with van der Waals surface area (Å²) in [7, 11) is 2.06. The second-order valence-corrected chi connectivity index (χ2v) is 5.20. The lowest BCUT2D eigenvalue weighted by atomic mass is 10.0. The van der Waals surface area contributed by atoms with Crippen LogP contribution in [0.2, 0.25) is 0 Å². The van der Waals surface area contributed by atoms with Crippen LogP contribution in [0.25, 0.3) is 0 Å². The van der Waals surface area contributed by atoms with Crippen LogP contribution in [0, 0.1) is 6.92 Å². The molecule has 108 valence electrons. The molecular weight excluding hydrogens is 250 g/mol. The molecule has 0 bridgehead atoms. The van der Waals surface area contributed by atoms with Crippen LogP contribution < -0.4 is 5.73 Å². The molecule has 0 radical (unpaired) electrons. The topological polar surface area (TPSA) is 55.3 Å². The minimum Gasteiger partial charge on any atom is -0.465 e. The van der Waals surface area contributed by atoms with Crippen LogP contribution in [0.1, 0.15) is 36.6 Å². The summed E-state index contributed by atoms with van der Waals surface area (Å²) in [6.45, 7) is 4.78. The Labute approximate surface area is 120 Å². The zero-order valence-corrected chi connectivity index (χ0v) is 12.4. The Hall–Kier alpha value is -1.65. The number of aromatic nitrogens is 1. The molecule has 2 atom stereocenters. The molecule has 0 saturated carbocycles. The first-order valence-electron chi connectivity index (χ1n) is 7.04. The summed E-state index contributed by atoms with van der Waals surface area (Å²) in [5, 5.41) is 0. The fourth-order valence-corrected chi connectivity index (χ4v) is 2.46. The molecule has 4 nitrogen and oxygen atoms in total. The second kappa shape index (κ2) is 6.68. The van der Waals surface area contributed by atoms with Gasteiger partial charge < -0.3 is 10.2 Å². The number of furan rings is 1. The van der Waals surface area contributed by atoms with Crippen molar-refractivity contribution in [2.75, 3.05) is 7.05 Å². The van der Waals surface area contributed by atoms with E-state index in [1.807, 2.05) is 43.5 Å². The molecule has 0 aliphatic rings. The largest absolute Gasteiger partial charge is 0.465 e. The molecular formula is C16H23N3O. The lowest BCUT2D eigenvalue weighted by molar-refractivity contribution is 0.183. The monoisotopic (exact) mass is 273 g/mol. The second-order valence-electron chi connectivity index (χ2n) is 5.20. The van der Waals surface area contributed by atoms with E-state index < -0.39 is 0 Å². The normalized spacial score (nSPS) is 14.4. The minimum atomic E-state index is 0.0472. The molecule has 20 heavy (non-hydrogen) atoms. The molecule has 2 aromatic heterocycles. The maximum Gasteiger partial charge on any atom is 0.118 e. The fraction of sp³-hybridized carbons (Fsp3) is 0.438. The van der Waals surface area contributed by atoms with Crippen LogP contribution in [-0.4, -0.2) is 23.0 Å². The quantitative estimate of drug-likeness (QED) is 0.879. The van der Waals surface area contributed by atoms with Crippen LogP contribution in [0.15, 0.2) is 40.9 Å². The fourth-order valence-electron chi connectivity index (χ4n) is 2.46. The zero-order chi connectivity index (χ0) is 14.5. The van der Waals surface area contributed by atoms with E-state index >= 15 is 0 Å². The summed E-state index contributed by atoms with van der Waals surface area (Å²) < 4.78 is 5.65. The van der Waals surface area contributed by atoms with Gasteiger partial charge in [-0.15, -0.1) is 0 Å². The molecule has 0 amide bonds. The molecule has 0 aliphatic carbocycles. The van der Waals surface area contributed by atoms with Crippen LogP contribution in [0.5, 0.6) is 0 Å². The van der Waals surface area contributed by atoms with E-state index in [1.54, 1.807) is 0 Å². The highest BCUT2D eigenvalue weighted by Crippen LogP contribution is 2.24. The highest BCUT2D eigenvalue weighted by atomic mass is 16.3. The van der Waals surface area contributed by atoms with Gasteiger partial charge in [0.15, 0.2) is 0 Å². The van der Waals surface area contributed by atoms with E-state index in [9.17, 15) is 0 Å². The van der Waals surface area contributed by atoms with Crippen LogP contribution in [0.3, 0.4) is 0 Å². The highest BCUT2D eigenvalue weighted by molar-refractivity contribution is 5.12. The number of nitrogens with zero attached hydrogens (tertiary/aromatic N) is 2. The summed E-state index contributed by atoms with van der Waals surface area (Å²) in [4.78, 5) is 6.67. The molecule has 2 aromatic rings. The van der Waals surface area contributed by atoms with E-state index in [0.717, 1.165) is 30.2 Å². The number of nitrogens with two attached hydrogens (primary N) is 1. The Morgan fingerprint density at radius 3 is 2.65 bits per heavy atom. The summed E-state index contributed by atoms with van der Waals surface area (Å²) in [5.74, 6) is 1.89. The van der Waals surface area contributed by atoms with Gasteiger partial charge in [-0.1, -0.05) is 13.0 Å². The average Bonchev–Trinajstić information content (AvgIpc) is 2.85. The van der Waals surface area contributed by atoms with E-state index in [0.29, 0.717) is 0 Å². The lowest BCUT2D eigenvalue weighted by Gasteiger charge is -2.31. The van der Waals surface area contributed by atoms with Gasteiger partial charge in [-0.25, -0.2) is 0 Å². The van der Waals surface area contributed by atoms with Gasteiger partial charge in [0.25, 0.3) is 0 Å². The Morgan fingerprint density at radius 1 is 1.30 bits per heavy atom. The first kappa shape index (κ1) is 14.8. The van der Waals surface area contributed by atoms with Crippen molar-refractivity contribution in [2.45, 2.75) is 38.9 Å². The predicted molar refractivity (Wildman–Crippen MR) is 80.2 cm³/mol. The molecule has 2 rings (SSSR count). The van der Waals surface area contributed by atoms with Crippen LogP contribution >= 0.6 is 0 Å². The Balaban J connectivity index is 2.18. The van der Waals surface area contributed by atoms with Gasteiger partial charge in [-0.05, 0) is 44.7 Å². The Bertz CT molecular complexity index is 524. The lowest BCUT2D eigenvalue weighted by Crippen LogP contribution is -2.39. The SMILES string of the molecule is CCC(N)C(c1ccccn1)N(C)Cc1ccc(C)o1. The summed E-state index contributed by atoms with van der Waals surface area (Å²) in [5.41, 5.74) is 7.30. The number of aryl methyl sites for hydroxylation is 1. The van der Waals surface area contributed by atoms with E-state index in [-0.39, 0.29) is 12.1 Å². The smallest absolute Gasteiger partial charge is 0.118 e. The van der Waals surface area contributed by atoms with Gasteiger partial charge in [0.1, 0.15) is 11.5 Å². The zero-order valence-electron chi connectivity index (χ0n) is 12.4. The Kier molecular flexibility index (Phi) is 4.93. The average molecular weight is 273 g/mol. The van der Waals surface area contributed by atoms with Crippen molar-refractivity contribution >= 4 is 0 Å². The van der Waals surface area contributed by atoms with Crippen molar-refractivity contribution < 1.29 is 4.42 Å². The maximum atomic E-state index is 6.30. The van der Waals surface area contributed by atoms with Gasteiger partial charge in [0, 0.05) is 12.2 Å². The standard InChI is InChI=1S/C16H23N3O/c1-4-14(17)16(15-7-5-6-10-18-15)19(3)11-13-9-8-12(2)20-13/h5-10,14,16H,4,11,17H2,1-3H3. The molecule has 0 spiro atoms. The van der Waals surface area contributed by atoms with Crippen molar-refractivity contribution in [3.63, 3.8) is 0 Å². The number of pyridine rings is 1. The number of hydrogen-bond donors (Lipinski definition) is 1. The van der Waals surface area contributed by atoms with Gasteiger partial charge in [-0.2, -0.15) is 0 Å². The minimum absolute atomic E-state index is 0.0472. The first-order chi connectivity index (χ1) is 9.61. The molecule has 2 unspecified atom stereocenters. The van der Waals surface area contributed by atoms with Gasteiger partial charge in [0.05, 0.1) is 18.3 Å². The van der Waals surface area contributed by atoms with Gasteiger partial charge in [-0.3, -0.25) is 9.88 Å². The van der Waals surface area contributed by atoms with E-state index in [4.69, 9.17) is 10.2 Å². The molecule has 0 aromatic carbocycles. The van der Waals surface area contributed by atoms with Crippen molar-refractivity contribution in [1.82, 2.24) is 9.88 Å². The molecule has 0 saturated heterocycles. The van der Waals surface area contributed by atoms with Gasteiger partial charge in [0.2, 0.25) is 0 Å². The third-order valence-corrected chi connectivity index (χ3v) is 3.54. The van der Waals surface area contributed by atoms with E-state index in [1.165, 1.54) is 0 Å². The molecule has 4 heteroatoms. The molecule has 0 aliphatic heterocycles. The van der Waals surface area contributed by atoms with E-state index in [2.05, 4.69) is 23.9 Å². The number of likely N-dealkylation sites (N-methyl/N-ethyl adjacent to an activating group) is 1. The van der Waals surface area contributed by atoms with Crippen molar-refractivity contribution in [3.8, 4) is 0 Å². The number of hydrogen-bond acceptors (Lipinski definition) is 4. The Morgan fingerprint density at radius 2 is 2.10 bits per heavy atom. The van der Waals surface area contributed by atoms with Crippen molar-refractivity contribution in [2.24, 2.45) is 5.73 Å². The van der Waals surface area contributed by atoms with Crippen molar-refractivity contribution in [1.29, 1.82) is 0 Å². The first-order valence-corrected chi connectivity index (χ1v) is 7.04. The summed E-state index contributed by atoms with van der Waals surface area (Å²) >= 11 is 0. The maximum absolute atomic E-state index is 6.30. The summed E-state index contributed by atoms with van der Waals surface area (Å²) in [6, 6.07) is 10.1. The van der Waals surface area contributed by atoms with Crippen molar-refractivity contribution in [3.05, 3.63) is 53.7 Å². The highest BCUT2D eigenvalue weighted by Gasteiger charge is 2.24. The summed E-state index contributed by atoms with van der Waals surface area (Å²) in [6.07, 6.45) is 2.72. The third-order valence-electron chi connectivity index (χ3n) is 3.54. The number of rotatable bonds is 6.